The van der Waals surface area contributed by atoms with Crippen molar-refractivity contribution in [3.8, 4) is 67.4 Å². The molecule has 3 heteroatoms. The highest BCUT2D eigenvalue weighted by Gasteiger charge is 2.17. The Bertz CT molecular complexity index is 3150. The molecular weight excluding hydrogens is 691 g/mol. The first kappa shape index (κ1) is 34.3. The molecule has 3 nitrogen and oxygen atoms in total. The largest absolute Gasteiger partial charge is 0.252 e. The van der Waals surface area contributed by atoms with Gasteiger partial charge in [0.15, 0.2) is 5.82 Å². The van der Waals surface area contributed by atoms with Gasteiger partial charge >= 0.3 is 0 Å². The molecule has 0 spiro atoms. The van der Waals surface area contributed by atoms with E-state index >= 15 is 0 Å². The smallest absolute Gasteiger partial charge is 0.160 e. The van der Waals surface area contributed by atoms with Crippen LogP contribution >= 0.6 is 0 Å². The van der Waals surface area contributed by atoms with E-state index in [1.165, 1.54) is 43.6 Å². The third kappa shape index (κ3) is 6.43. The van der Waals surface area contributed by atoms with Crippen molar-refractivity contribution in [3.63, 3.8) is 0 Å². The Kier molecular flexibility index (Phi) is 8.49. The monoisotopic (exact) mass is 729 g/mol. The van der Waals surface area contributed by atoms with E-state index in [2.05, 4.69) is 197 Å². The number of benzene rings is 8. The topological polar surface area (TPSA) is 38.7 Å². The molecule has 270 valence electrons. The van der Waals surface area contributed by atoms with Gasteiger partial charge in [-0.15, -0.1) is 0 Å². The Morgan fingerprint density at radius 2 is 0.895 bits per heavy atom. The van der Waals surface area contributed by atoms with Gasteiger partial charge in [0.05, 0.1) is 17.1 Å². The predicted molar refractivity (Wildman–Crippen MR) is 239 cm³/mol. The summed E-state index contributed by atoms with van der Waals surface area (Å²) in [6, 6.07) is 65.1. The molecule has 0 N–H and O–H groups in total. The average Bonchev–Trinajstić information content (AvgIpc) is 3.26. The SMILES string of the molecule is Cc1cc2ccccc2c(-c2ccc(-c3cc(-c4nc(-c5ccccc5)cc(-c5ccc(C)c(C)c5)n4)cc(-c4cc5ccccc5c5ccccc45)c3)cc2)n1. The molecule has 8 aromatic carbocycles. The van der Waals surface area contributed by atoms with Crippen LogP contribution in [0.3, 0.4) is 0 Å². The van der Waals surface area contributed by atoms with Crippen LogP contribution in [0.1, 0.15) is 16.8 Å². The quantitative estimate of drug-likeness (QED) is 0.160. The molecule has 0 aliphatic heterocycles. The lowest BCUT2D eigenvalue weighted by atomic mass is 9.90. The summed E-state index contributed by atoms with van der Waals surface area (Å²) in [6.07, 6.45) is 0. The van der Waals surface area contributed by atoms with E-state index < -0.39 is 0 Å². The summed E-state index contributed by atoms with van der Waals surface area (Å²) in [5.74, 6) is 0.685. The van der Waals surface area contributed by atoms with Crippen molar-refractivity contribution >= 4 is 32.3 Å². The summed E-state index contributed by atoms with van der Waals surface area (Å²) in [5, 5.41) is 7.25. The molecule has 0 unspecified atom stereocenters. The Morgan fingerprint density at radius 1 is 0.316 bits per heavy atom. The minimum absolute atomic E-state index is 0.685. The first-order valence-corrected chi connectivity index (χ1v) is 19.5. The van der Waals surface area contributed by atoms with E-state index in [0.717, 1.165) is 67.1 Å². The van der Waals surface area contributed by atoms with Crippen LogP contribution in [0.4, 0.5) is 0 Å². The van der Waals surface area contributed by atoms with E-state index in [1.807, 2.05) is 6.07 Å². The highest BCUT2D eigenvalue weighted by molar-refractivity contribution is 6.14. The molecule has 10 aromatic rings. The molecule has 0 saturated carbocycles. The van der Waals surface area contributed by atoms with Crippen LogP contribution in [-0.4, -0.2) is 15.0 Å². The summed E-state index contributed by atoms with van der Waals surface area (Å²) in [6.45, 7) is 6.37. The van der Waals surface area contributed by atoms with Gasteiger partial charge in [0.2, 0.25) is 0 Å². The van der Waals surface area contributed by atoms with Gasteiger partial charge in [-0.2, -0.15) is 0 Å². The van der Waals surface area contributed by atoms with E-state index in [-0.39, 0.29) is 0 Å². The van der Waals surface area contributed by atoms with Crippen molar-refractivity contribution in [2.24, 2.45) is 0 Å². The lowest BCUT2D eigenvalue weighted by Gasteiger charge is -2.16. The number of rotatable bonds is 6. The first-order valence-electron chi connectivity index (χ1n) is 19.5. The van der Waals surface area contributed by atoms with Gasteiger partial charge in [-0.25, -0.2) is 9.97 Å². The van der Waals surface area contributed by atoms with Crippen molar-refractivity contribution in [1.82, 2.24) is 15.0 Å². The summed E-state index contributed by atoms with van der Waals surface area (Å²) in [7, 11) is 0. The molecule has 0 fully saturated rings. The van der Waals surface area contributed by atoms with E-state index in [1.54, 1.807) is 0 Å². The van der Waals surface area contributed by atoms with Crippen LogP contribution < -0.4 is 0 Å². The minimum atomic E-state index is 0.685. The number of aromatic nitrogens is 3. The van der Waals surface area contributed by atoms with E-state index in [4.69, 9.17) is 15.0 Å². The number of pyridine rings is 1. The molecule has 0 aliphatic carbocycles. The van der Waals surface area contributed by atoms with Gasteiger partial charge in [0, 0.05) is 33.3 Å². The molecule has 2 aromatic heterocycles. The van der Waals surface area contributed by atoms with Crippen molar-refractivity contribution < 1.29 is 0 Å². The van der Waals surface area contributed by atoms with Gasteiger partial charge in [0.25, 0.3) is 0 Å². The van der Waals surface area contributed by atoms with Crippen LogP contribution in [0, 0.1) is 20.8 Å². The zero-order valence-electron chi connectivity index (χ0n) is 32.2. The van der Waals surface area contributed by atoms with Crippen LogP contribution in [0.2, 0.25) is 0 Å². The molecule has 0 bridgehead atoms. The predicted octanol–water partition coefficient (Wildman–Crippen LogP) is 14.3. The van der Waals surface area contributed by atoms with E-state index in [0.29, 0.717) is 5.82 Å². The second-order valence-corrected chi connectivity index (χ2v) is 15.0. The molecule has 0 radical (unpaired) electrons. The van der Waals surface area contributed by atoms with E-state index in [9.17, 15) is 0 Å². The zero-order chi connectivity index (χ0) is 38.5. The number of fused-ring (bicyclic) bond motifs is 4. The van der Waals surface area contributed by atoms with Crippen LogP contribution in [0.25, 0.3) is 99.7 Å². The van der Waals surface area contributed by atoms with Crippen molar-refractivity contribution in [2.45, 2.75) is 20.8 Å². The molecule has 0 amide bonds. The first-order chi connectivity index (χ1) is 27.9. The lowest BCUT2D eigenvalue weighted by molar-refractivity contribution is 1.18. The standard InChI is InChI=1S/C54H39N3/c1-34-21-22-42(27-35(34)2)52-33-51(38-13-5-4-6-14-38)56-54(57-52)45-30-43(37-23-25-39(26-24-37)53-47-18-10-8-15-40(47)28-36(3)55-53)29-44(31-45)50-32-41-16-7-9-17-46(41)48-19-11-12-20-49(48)50/h4-33H,1-3H3. The molecule has 2 heterocycles. The van der Waals surface area contributed by atoms with Crippen molar-refractivity contribution in [1.29, 1.82) is 0 Å². The van der Waals surface area contributed by atoms with Crippen LogP contribution in [-0.2, 0) is 0 Å². The van der Waals surface area contributed by atoms with Gasteiger partial charge in [-0.05, 0) is 124 Å². The van der Waals surface area contributed by atoms with Crippen molar-refractivity contribution in [3.05, 3.63) is 199 Å². The maximum atomic E-state index is 5.32. The molecule has 57 heavy (non-hydrogen) atoms. The van der Waals surface area contributed by atoms with Crippen LogP contribution in [0.15, 0.2) is 182 Å². The fraction of sp³-hybridized carbons (Fsp3) is 0.0556. The van der Waals surface area contributed by atoms with Crippen LogP contribution in [0.5, 0.6) is 0 Å². The normalized spacial score (nSPS) is 11.4. The Morgan fingerprint density at radius 3 is 1.65 bits per heavy atom. The molecule has 0 atom stereocenters. The number of hydrogen-bond acceptors (Lipinski definition) is 3. The lowest BCUT2D eigenvalue weighted by Crippen LogP contribution is -1.97. The summed E-state index contributed by atoms with van der Waals surface area (Å²) in [4.78, 5) is 15.6. The third-order valence-corrected chi connectivity index (χ3v) is 11.2. The van der Waals surface area contributed by atoms with Gasteiger partial charge in [-0.3, -0.25) is 4.98 Å². The zero-order valence-corrected chi connectivity index (χ0v) is 32.2. The molecule has 10 rings (SSSR count). The molecular formula is C54H39N3. The fourth-order valence-corrected chi connectivity index (χ4v) is 8.13. The summed E-state index contributed by atoms with van der Waals surface area (Å²) >= 11 is 0. The van der Waals surface area contributed by atoms with Gasteiger partial charge < -0.3 is 0 Å². The summed E-state index contributed by atoms with van der Waals surface area (Å²) < 4.78 is 0. The summed E-state index contributed by atoms with van der Waals surface area (Å²) in [5.41, 5.74) is 14.9. The second kappa shape index (κ2) is 14.1. The number of hydrogen-bond donors (Lipinski definition) is 0. The fourth-order valence-electron chi connectivity index (χ4n) is 8.13. The van der Waals surface area contributed by atoms with Gasteiger partial charge in [-0.1, -0.05) is 140 Å². The highest BCUT2D eigenvalue weighted by Crippen LogP contribution is 2.40. The number of nitrogens with zero attached hydrogens (tertiary/aromatic N) is 3. The van der Waals surface area contributed by atoms with Crippen molar-refractivity contribution in [2.75, 3.05) is 0 Å². The Labute approximate surface area is 333 Å². The second-order valence-electron chi connectivity index (χ2n) is 15.0. The molecule has 0 saturated heterocycles. The average molecular weight is 730 g/mol. The number of aryl methyl sites for hydroxylation is 3. The highest BCUT2D eigenvalue weighted by atomic mass is 14.9. The maximum Gasteiger partial charge on any atom is 0.160 e. The third-order valence-electron chi connectivity index (χ3n) is 11.2. The maximum absolute atomic E-state index is 5.32. The Hall–Kier alpha value is -7.23. The molecule has 0 aliphatic rings. The Balaban J connectivity index is 1.20. The van der Waals surface area contributed by atoms with Gasteiger partial charge in [0.1, 0.15) is 0 Å². The minimum Gasteiger partial charge on any atom is -0.252 e.